The molecule has 0 radical (unpaired) electrons. The Morgan fingerprint density at radius 1 is 1.20 bits per heavy atom. The van der Waals surface area contributed by atoms with Gasteiger partial charge in [-0.3, -0.25) is 0 Å². The summed E-state index contributed by atoms with van der Waals surface area (Å²) in [4.78, 5) is 35.0. The van der Waals surface area contributed by atoms with Crippen LogP contribution in [0.25, 0.3) is 0 Å². The molecule has 0 atom stereocenters. The molecule has 0 aromatic rings. The van der Waals surface area contributed by atoms with E-state index in [0.717, 1.165) is 12.2 Å². The Morgan fingerprint density at radius 2 is 1.80 bits per heavy atom. The maximum atomic E-state index is 11.5. The third kappa shape index (κ3) is 8.96. The van der Waals surface area contributed by atoms with Gasteiger partial charge in [-0.1, -0.05) is 0 Å². The summed E-state index contributed by atoms with van der Waals surface area (Å²) >= 11 is 0. The van der Waals surface area contributed by atoms with E-state index in [0.29, 0.717) is 13.0 Å². The highest BCUT2D eigenvalue weighted by atomic mass is 16.5. The zero-order valence-corrected chi connectivity index (χ0v) is 12.3. The van der Waals surface area contributed by atoms with Gasteiger partial charge in [0.2, 0.25) is 0 Å². The average molecular weight is 286 g/mol. The van der Waals surface area contributed by atoms with E-state index in [1.54, 1.807) is 7.05 Å². The molecule has 0 bridgehead atoms. The molecule has 0 fully saturated rings. The Bertz CT molecular complexity index is 366. The van der Waals surface area contributed by atoms with E-state index in [9.17, 15) is 14.4 Å². The molecular formula is C13H22N2O5. The van der Waals surface area contributed by atoms with Crippen LogP contribution in [0.15, 0.2) is 12.2 Å². The molecule has 0 saturated heterocycles. The minimum absolute atomic E-state index is 0.0752. The third-order valence-corrected chi connectivity index (χ3v) is 2.20. The summed E-state index contributed by atoms with van der Waals surface area (Å²) in [6.45, 7) is 4.39. The molecule has 0 aromatic carbocycles. The number of rotatable bonds is 7. The maximum Gasteiger partial charge on any atom is 0.331 e. The molecule has 0 spiro atoms. The molecule has 7 nitrogen and oxygen atoms in total. The summed E-state index contributed by atoms with van der Waals surface area (Å²) in [6, 6.07) is -0.0943. The highest BCUT2D eigenvalue weighted by Crippen LogP contribution is 1.93. The molecule has 0 aromatic heterocycles. The van der Waals surface area contributed by atoms with E-state index in [1.165, 1.54) is 12.0 Å². The average Bonchev–Trinajstić information content (AvgIpc) is 2.39. The van der Waals surface area contributed by atoms with Crippen LogP contribution in [-0.4, -0.2) is 56.2 Å². The summed E-state index contributed by atoms with van der Waals surface area (Å²) in [5.74, 6) is -1.24. The Hall–Kier alpha value is -2.05. The molecule has 114 valence electrons. The normalized spacial score (nSPS) is 10.4. The lowest BCUT2D eigenvalue weighted by Crippen LogP contribution is -2.41. The number of esters is 2. The summed E-state index contributed by atoms with van der Waals surface area (Å²) in [5.41, 5.74) is 0. The molecule has 0 aliphatic carbocycles. The predicted molar refractivity (Wildman–Crippen MR) is 73.0 cm³/mol. The van der Waals surface area contributed by atoms with Gasteiger partial charge < -0.3 is 19.7 Å². The SMILES string of the molecule is COC(=O)/C=C/C(=O)OCCCN(C)C(=O)NC(C)C. The molecule has 20 heavy (non-hydrogen) atoms. The number of amides is 2. The zero-order chi connectivity index (χ0) is 15.5. The maximum absolute atomic E-state index is 11.5. The second-order valence-corrected chi connectivity index (χ2v) is 4.40. The van der Waals surface area contributed by atoms with Gasteiger partial charge in [-0.05, 0) is 20.3 Å². The lowest BCUT2D eigenvalue weighted by Gasteiger charge is -2.19. The molecular weight excluding hydrogens is 264 g/mol. The van der Waals surface area contributed by atoms with Crippen LogP contribution >= 0.6 is 0 Å². The van der Waals surface area contributed by atoms with Crippen molar-refractivity contribution in [3.63, 3.8) is 0 Å². The predicted octanol–water partition coefficient (Wildman–Crippen LogP) is 0.699. The molecule has 0 rings (SSSR count). The van der Waals surface area contributed by atoms with Gasteiger partial charge in [0, 0.05) is 31.8 Å². The van der Waals surface area contributed by atoms with Crippen molar-refractivity contribution < 1.29 is 23.9 Å². The fourth-order valence-electron chi connectivity index (χ4n) is 1.19. The quantitative estimate of drug-likeness (QED) is 0.423. The minimum Gasteiger partial charge on any atom is -0.466 e. The van der Waals surface area contributed by atoms with Crippen LogP contribution in [0.5, 0.6) is 0 Å². The second-order valence-electron chi connectivity index (χ2n) is 4.40. The first-order valence-corrected chi connectivity index (χ1v) is 6.31. The van der Waals surface area contributed by atoms with Crippen molar-refractivity contribution >= 4 is 18.0 Å². The van der Waals surface area contributed by atoms with E-state index in [4.69, 9.17) is 4.74 Å². The van der Waals surface area contributed by atoms with Crippen molar-refractivity contribution in [2.45, 2.75) is 26.3 Å². The third-order valence-electron chi connectivity index (χ3n) is 2.20. The van der Waals surface area contributed by atoms with Crippen molar-refractivity contribution in [1.29, 1.82) is 0 Å². The van der Waals surface area contributed by atoms with E-state index < -0.39 is 11.9 Å². The van der Waals surface area contributed by atoms with Crippen molar-refractivity contribution in [3.05, 3.63) is 12.2 Å². The van der Waals surface area contributed by atoms with Gasteiger partial charge in [0.05, 0.1) is 13.7 Å². The van der Waals surface area contributed by atoms with Crippen LogP contribution in [0.1, 0.15) is 20.3 Å². The molecule has 0 aliphatic heterocycles. The van der Waals surface area contributed by atoms with Gasteiger partial charge in [-0.2, -0.15) is 0 Å². The highest BCUT2D eigenvalue weighted by molar-refractivity contribution is 5.91. The molecule has 0 aliphatic rings. The first-order chi connectivity index (χ1) is 9.36. The van der Waals surface area contributed by atoms with Crippen molar-refractivity contribution in [1.82, 2.24) is 10.2 Å². The Kier molecular flexibility index (Phi) is 8.82. The summed E-state index contributed by atoms with van der Waals surface area (Å²) in [7, 11) is 2.88. The number of ether oxygens (including phenoxy) is 2. The Morgan fingerprint density at radius 3 is 2.35 bits per heavy atom. The largest absolute Gasteiger partial charge is 0.466 e. The van der Waals surface area contributed by atoms with E-state index in [-0.39, 0.29) is 18.7 Å². The highest BCUT2D eigenvalue weighted by Gasteiger charge is 2.09. The minimum atomic E-state index is -0.621. The number of hydrogen-bond acceptors (Lipinski definition) is 5. The molecule has 7 heteroatoms. The van der Waals surface area contributed by atoms with E-state index >= 15 is 0 Å². The van der Waals surface area contributed by atoms with Crippen molar-refractivity contribution in [2.24, 2.45) is 0 Å². The molecule has 2 amide bonds. The summed E-state index contributed by atoms with van der Waals surface area (Å²) in [6.07, 6.45) is 2.51. The van der Waals surface area contributed by atoms with Gasteiger partial charge >= 0.3 is 18.0 Å². The lowest BCUT2D eigenvalue weighted by molar-refractivity contribution is -0.139. The van der Waals surface area contributed by atoms with Gasteiger partial charge in [-0.25, -0.2) is 14.4 Å². The standard InChI is InChI=1S/C13H22N2O5/c1-10(2)14-13(18)15(3)8-5-9-20-12(17)7-6-11(16)19-4/h6-7,10H,5,8-9H2,1-4H3,(H,14,18)/b7-6+. The van der Waals surface area contributed by atoms with Crippen LogP contribution < -0.4 is 5.32 Å². The van der Waals surface area contributed by atoms with Crippen LogP contribution in [0.2, 0.25) is 0 Å². The number of carbonyl (C=O) groups is 3. The van der Waals surface area contributed by atoms with Crippen LogP contribution in [0.3, 0.4) is 0 Å². The van der Waals surface area contributed by atoms with Crippen LogP contribution in [0.4, 0.5) is 4.79 Å². The fraction of sp³-hybridized carbons (Fsp3) is 0.615. The van der Waals surface area contributed by atoms with E-state index in [1.807, 2.05) is 13.8 Å². The van der Waals surface area contributed by atoms with Gasteiger partial charge in [-0.15, -0.1) is 0 Å². The van der Waals surface area contributed by atoms with Crippen LogP contribution in [-0.2, 0) is 19.1 Å². The van der Waals surface area contributed by atoms with Gasteiger partial charge in [0.15, 0.2) is 0 Å². The number of nitrogens with zero attached hydrogens (tertiary/aromatic N) is 1. The van der Waals surface area contributed by atoms with Crippen LogP contribution in [0, 0.1) is 0 Å². The van der Waals surface area contributed by atoms with E-state index in [2.05, 4.69) is 10.1 Å². The number of methoxy groups -OCH3 is 1. The molecule has 0 heterocycles. The summed E-state index contributed by atoms with van der Waals surface area (Å²) < 4.78 is 9.19. The number of nitrogens with one attached hydrogen (secondary N) is 1. The van der Waals surface area contributed by atoms with Gasteiger partial charge in [0.25, 0.3) is 0 Å². The number of urea groups is 1. The monoisotopic (exact) mass is 286 g/mol. The smallest absolute Gasteiger partial charge is 0.331 e. The molecule has 0 saturated carbocycles. The summed E-state index contributed by atoms with van der Waals surface area (Å²) in [5, 5.41) is 2.75. The number of carbonyl (C=O) groups excluding carboxylic acids is 3. The van der Waals surface area contributed by atoms with Crippen molar-refractivity contribution in [2.75, 3.05) is 27.3 Å². The van der Waals surface area contributed by atoms with Gasteiger partial charge in [0.1, 0.15) is 0 Å². The fourth-order valence-corrected chi connectivity index (χ4v) is 1.19. The number of hydrogen-bond donors (Lipinski definition) is 1. The second kappa shape index (κ2) is 9.82. The Labute approximate surface area is 118 Å². The molecule has 0 unspecified atom stereocenters. The first kappa shape index (κ1) is 17.9. The Balaban J connectivity index is 3.80. The zero-order valence-electron chi connectivity index (χ0n) is 12.3. The van der Waals surface area contributed by atoms with Crippen molar-refractivity contribution in [3.8, 4) is 0 Å². The lowest BCUT2D eigenvalue weighted by atomic mass is 10.4. The topological polar surface area (TPSA) is 84.9 Å². The first-order valence-electron chi connectivity index (χ1n) is 6.31. The molecule has 1 N–H and O–H groups in total.